The van der Waals surface area contributed by atoms with Crippen LogP contribution in [-0.4, -0.2) is 31.7 Å². The minimum absolute atomic E-state index is 0. The van der Waals surface area contributed by atoms with Crippen molar-refractivity contribution in [3.63, 3.8) is 0 Å². The first kappa shape index (κ1) is 17.5. The van der Waals surface area contributed by atoms with Crippen LogP contribution in [0.15, 0.2) is 60.7 Å². The summed E-state index contributed by atoms with van der Waals surface area (Å²) in [5, 5.41) is 3.47. The summed E-state index contributed by atoms with van der Waals surface area (Å²) >= 11 is 0. The van der Waals surface area contributed by atoms with Crippen molar-refractivity contribution in [3.8, 4) is 0 Å². The Bertz CT molecular complexity index is 497. The maximum atomic E-state index is 3.47. The van der Waals surface area contributed by atoms with Gasteiger partial charge in [-0.2, -0.15) is 0 Å². The summed E-state index contributed by atoms with van der Waals surface area (Å²) < 4.78 is 1.03. The van der Waals surface area contributed by atoms with Gasteiger partial charge in [-0.3, -0.25) is 0 Å². The van der Waals surface area contributed by atoms with E-state index in [-0.39, 0.29) is 12.4 Å². The molecular formula is C18H25ClN2. The fourth-order valence-electron chi connectivity index (χ4n) is 2.45. The fourth-order valence-corrected chi connectivity index (χ4v) is 2.45. The minimum atomic E-state index is 0. The van der Waals surface area contributed by atoms with Gasteiger partial charge in [0.05, 0.1) is 20.6 Å². The molecule has 3 heteroatoms. The molecule has 0 bridgehead atoms. The van der Waals surface area contributed by atoms with Gasteiger partial charge in [-0.05, 0) is 12.1 Å². The van der Waals surface area contributed by atoms with Crippen molar-refractivity contribution in [1.29, 1.82) is 0 Å². The Labute approximate surface area is 134 Å². The Kier molecular flexibility index (Phi) is 7.27. The summed E-state index contributed by atoms with van der Waals surface area (Å²) in [5.41, 5.74) is 2.62. The second-order valence-corrected chi connectivity index (χ2v) is 5.95. The van der Waals surface area contributed by atoms with Crippen LogP contribution < -0.4 is 17.7 Å². The Morgan fingerprint density at radius 1 is 0.857 bits per heavy atom. The van der Waals surface area contributed by atoms with E-state index in [1.54, 1.807) is 0 Å². The molecule has 2 rings (SSSR count). The molecule has 0 unspecified atom stereocenters. The topological polar surface area (TPSA) is 12.0 Å². The standard InChI is InChI=1S/C18H25N2.ClH/c1-20(2,16-17-10-5-3-6-11-17)15-9-14-19-18-12-7-4-8-13-18;/h3-8,10-13,19H,9,14-16H2,1-2H3;1H/q+1;/p-1. The number of para-hydroxylation sites is 1. The summed E-state index contributed by atoms with van der Waals surface area (Å²) in [5.74, 6) is 0. The fraction of sp³-hybridized carbons (Fsp3) is 0.333. The molecule has 0 amide bonds. The van der Waals surface area contributed by atoms with Crippen molar-refractivity contribution in [2.45, 2.75) is 13.0 Å². The number of rotatable bonds is 7. The number of anilines is 1. The highest BCUT2D eigenvalue weighted by molar-refractivity contribution is 5.42. The molecule has 0 radical (unpaired) electrons. The van der Waals surface area contributed by atoms with E-state index in [1.807, 2.05) is 6.07 Å². The van der Waals surface area contributed by atoms with Gasteiger partial charge >= 0.3 is 0 Å². The molecule has 0 aliphatic carbocycles. The summed E-state index contributed by atoms with van der Waals surface area (Å²) in [6.07, 6.45) is 1.18. The summed E-state index contributed by atoms with van der Waals surface area (Å²) in [6.45, 7) is 3.29. The quantitative estimate of drug-likeness (QED) is 0.588. The van der Waals surface area contributed by atoms with Crippen molar-refractivity contribution in [2.24, 2.45) is 0 Å². The molecule has 0 aliphatic heterocycles. The molecule has 21 heavy (non-hydrogen) atoms. The Morgan fingerprint density at radius 3 is 2.05 bits per heavy atom. The molecule has 0 spiro atoms. The van der Waals surface area contributed by atoms with Gasteiger partial charge in [0, 0.05) is 24.2 Å². The van der Waals surface area contributed by atoms with Crippen LogP contribution in [0.2, 0.25) is 0 Å². The highest BCUT2D eigenvalue weighted by Crippen LogP contribution is 2.10. The zero-order valence-corrected chi connectivity index (χ0v) is 13.7. The van der Waals surface area contributed by atoms with Gasteiger partial charge in [-0.1, -0.05) is 48.5 Å². The predicted molar refractivity (Wildman–Crippen MR) is 86.7 cm³/mol. The van der Waals surface area contributed by atoms with E-state index in [2.05, 4.69) is 74.0 Å². The molecule has 0 fully saturated rings. The van der Waals surface area contributed by atoms with Crippen LogP contribution in [0.5, 0.6) is 0 Å². The molecule has 2 aromatic carbocycles. The second kappa shape index (κ2) is 8.71. The summed E-state index contributed by atoms with van der Waals surface area (Å²) in [6, 6.07) is 21.1. The maximum absolute atomic E-state index is 3.47. The normalized spacial score (nSPS) is 10.8. The van der Waals surface area contributed by atoms with Crippen LogP contribution in [0.3, 0.4) is 0 Å². The van der Waals surface area contributed by atoms with Crippen LogP contribution in [0.4, 0.5) is 5.69 Å². The first-order valence-corrected chi connectivity index (χ1v) is 7.31. The molecular weight excluding hydrogens is 280 g/mol. The average molecular weight is 305 g/mol. The van der Waals surface area contributed by atoms with Gasteiger partial charge < -0.3 is 22.2 Å². The van der Waals surface area contributed by atoms with E-state index in [0.29, 0.717) is 0 Å². The van der Waals surface area contributed by atoms with Gasteiger partial charge in [0.1, 0.15) is 6.54 Å². The molecule has 0 saturated heterocycles. The summed E-state index contributed by atoms with van der Waals surface area (Å²) in [4.78, 5) is 0. The van der Waals surface area contributed by atoms with Gasteiger partial charge in [-0.15, -0.1) is 0 Å². The molecule has 114 valence electrons. The highest BCUT2D eigenvalue weighted by atomic mass is 35.5. The van der Waals surface area contributed by atoms with Gasteiger partial charge in [0.15, 0.2) is 0 Å². The van der Waals surface area contributed by atoms with E-state index in [9.17, 15) is 0 Å². The molecule has 1 N–H and O–H groups in total. The van der Waals surface area contributed by atoms with E-state index in [1.165, 1.54) is 24.2 Å². The van der Waals surface area contributed by atoms with Crippen molar-refractivity contribution in [1.82, 2.24) is 0 Å². The molecule has 0 atom stereocenters. The van der Waals surface area contributed by atoms with Crippen LogP contribution in [0.25, 0.3) is 0 Å². The zero-order chi connectivity index (χ0) is 14.3. The minimum Gasteiger partial charge on any atom is -1.00 e. The lowest BCUT2D eigenvalue weighted by Crippen LogP contribution is -3.00. The highest BCUT2D eigenvalue weighted by Gasteiger charge is 2.14. The van der Waals surface area contributed by atoms with Gasteiger partial charge in [0.25, 0.3) is 0 Å². The van der Waals surface area contributed by atoms with Crippen LogP contribution in [0.1, 0.15) is 12.0 Å². The molecule has 2 nitrogen and oxygen atoms in total. The van der Waals surface area contributed by atoms with Gasteiger partial charge in [0.2, 0.25) is 0 Å². The van der Waals surface area contributed by atoms with Crippen molar-refractivity contribution >= 4 is 5.69 Å². The lowest BCUT2D eigenvalue weighted by atomic mass is 10.2. The number of quaternary nitrogens is 1. The first-order valence-electron chi connectivity index (χ1n) is 7.31. The van der Waals surface area contributed by atoms with Crippen molar-refractivity contribution in [2.75, 3.05) is 32.5 Å². The number of hydrogen-bond donors (Lipinski definition) is 1. The monoisotopic (exact) mass is 304 g/mol. The van der Waals surface area contributed by atoms with E-state index in [4.69, 9.17) is 0 Å². The van der Waals surface area contributed by atoms with Crippen LogP contribution >= 0.6 is 0 Å². The largest absolute Gasteiger partial charge is 1.00 e. The smallest absolute Gasteiger partial charge is 0.104 e. The lowest BCUT2D eigenvalue weighted by molar-refractivity contribution is -0.903. The Balaban J connectivity index is 0.00000220. The molecule has 0 saturated carbocycles. The maximum Gasteiger partial charge on any atom is 0.104 e. The van der Waals surface area contributed by atoms with Crippen LogP contribution in [0, 0.1) is 0 Å². The average Bonchev–Trinajstić information content (AvgIpc) is 2.45. The first-order chi connectivity index (χ1) is 9.66. The third-order valence-electron chi connectivity index (χ3n) is 3.50. The number of nitrogens with one attached hydrogen (secondary N) is 1. The van der Waals surface area contributed by atoms with E-state index < -0.39 is 0 Å². The third kappa shape index (κ3) is 6.65. The number of hydrogen-bond acceptors (Lipinski definition) is 1. The molecule has 2 aromatic rings. The number of halogens is 1. The van der Waals surface area contributed by atoms with Crippen molar-refractivity contribution < 1.29 is 16.9 Å². The summed E-state index contributed by atoms with van der Waals surface area (Å²) in [7, 11) is 4.60. The third-order valence-corrected chi connectivity index (χ3v) is 3.50. The molecule has 0 aromatic heterocycles. The molecule has 0 aliphatic rings. The van der Waals surface area contributed by atoms with Crippen LogP contribution in [-0.2, 0) is 6.54 Å². The van der Waals surface area contributed by atoms with Crippen molar-refractivity contribution in [3.05, 3.63) is 66.2 Å². The van der Waals surface area contributed by atoms with E-state index >= 15 is 0 Å². The Morgan fingerprint density at radius 2 is 1.43 bits per heavy atom. The SMILES string of the molecule is C[N+](C)(CCCNc1ccccc1)Cc1ccccc1.[Cl-]. The molecule has 0 heterocycles. The predicted octanol–water partition coefficient (Wildman–Crippen LogP) is 0.769. The Hall–Kier alpha value is -1.51. The van der Waals surface area contributed by atoms with E-state index in [0.717, 1.165) is 17.6 Å². The second-order valence-electron chi connectivity index (χ2n) is 5.95. The number of nitrogens with zero attached hydrogens (tertiary/aromatic N) is 1. The van der Waals surface area contributed by atoms with Gasteiger partial charge in [-0.25, -0.2) is 0 Å². The number of benzene rings is 2. The zero-order valence-electron chi connectivity index (χ0n) is 12.9. The lowest BCUT2D eigenvalue weighted by Gasteiger charge is -2.30.